The van der Waals surface area contributed by atoms with Crippen LogP contribution in [0, 0.1) is 11.3 Å². The number of nitrogens with one attached hydrogen (secondary N) is 1. The first kappa shape index (κ1) is 18.0. The van der Waals surface area contributed by atoms with Crippen molar-refractivity contribution in [1.82, 2.24) is 5.32 Å². The first-order valence-corrected chi connectivity index (χ1v) is 9.35. The van der Waals surface area contributed by atoms with Crippen LogP contribution in [0.4, 0.5) is 0 Å². The zero-order valence-electron chi connectivity index (χ0n) is 14.6. The first-order chi connectivity index (χ1) is 9.61. The van der Waals surface area contributed by atoms with Crippen molar-refractivity contribution in [1.29, 1.82) is 0 Å². The maximum atomic E-state index is 3.89. The largest absolute Gasteiger partial charge is 0.314 e. The van der Waals surface area contributed by atoms with Gasteiger partial charge >= 0.3 is 0 Å². The predicted molar refractivity (Wildman–Crippen MR) is 91.2 cm³/mol. The second-order valence-corrected chi connectivity index (χ2v) is 7.60. The van der Waals surface area contributed by atoms with Gasteiger partial charge in [0.1, 0.15) is 0 Å². The molecule has 0 spiro atoms. The summed E-state index contributed by atoms with van der Waals surface area (Å²) in [5.74, 6) is 0.897. The van der Waals surface area contributed by atoms with E-state index < -0.39 is 0 Å². The van der Waals surface area contributed by atoms with Crippen LogP contribution >= 0.6 is 0 Å². The standard InChI is InChI=1S/C19H39N/c1-5-7-8-9-10-14-18(20-16-6-2)17-13-11-12-15-19(17,3)4/h17-18,20H,5-16H2,1-4H3. The maximum Gasteiger partial charge on any atom is 0.0100 e. The van der Waals surface area contributed by atoms with Crippen molar-refractivity contribution in [2.75, 3.05) is 6.54 Å². The van der Waals surface area contributed by atoms with Crippen LogP contribution in [0.25, 0.3) is 0 Å². The summed E-state index contributed by atoms with van der Waals surface area (Å²) in [7, 11) is 0. The summed E-state index contributed by atoms with van der Waals surface area (Å²) in [6.45, 7) is 10.8. The molecule has 0 heterocycles. The van der Waals surface area contributed by atoms with Crippen molar-refractivity contribution in [3.05, 3.63) is 0 Å². The molecule has 0 saturated heterocycles. The van der Waals surface area contributed by atoms with E-state index in [-0.39, 0.29) is 0 Å². The van der Waals surface area contributed by atoms with Gasteiger partial charge in [0.05, 0.1) is 0 Å². The van der Waals surface area contributed by atoms with Gasteiger partial charge in [-0.05, 0) is 43.6 Å². The molecule has 1 N–H and O–H groups in total. The minimum absolute atomic E-state index is 0.549. The van der Waals surface area contributed by atoms with Gasteiger partial charge in [-0.2, -0.15) is 0 Å². The lowest BCUT2D eigenvalue weighted by atomic mass is 9.65. The third-order valence-corrected chi connectivity index (χ3v) is 5.35. The summed E-state index contributed by atoms with van der Waals surface area (Å²) in [5.41, 5.74) is 0.549. The highest BCUT2D eigenvalue weighted by atomic mass is 14.9. The number of hydrogen-bond acceptors (Lipinski definition) is 1. The molecule has 0 aromatic rings. The lowest BCUT2D eigenvalue weighted by Gasteiger charge is -2.44. The molecule has 1 saturated carbocycles. The zero-order valence-corrected chi connectivity index (χ0v) is 14.6. The monoisotopic (exact) mass is 281 g/mol. The molecule has 1 heteroatoms. The van der Waals surface area contributed by atoms with E-state index in [9.17, 15) is 0 Å². The lowest BCUT2D eigenvalue weighted by molar-refractivity contribution is 0.0935. The molecule has 2 unspecified atom stereocenters. The molecule has 0 radical (unpaired) electrons. The van der Waals surface area contributed by atoms with Gasteiger partial charge in [-0.25, -0.2) is 0 Å². The van der Waals surface area contributed by atoms with Crippen LogP contribution in [0.2, 0.25) is 0 Å². The van der Waals surface area contributed by atoms with Gasteiger partial charge in [-0.1, -0.05) is 72.6 Å². The Balaban J connectivity index is 2.45. The van der Waals surface area contributed by atoms with Crippen LogP contribution in [0.5, 0.6) is 0 Å². The number of unbranched alkanes of at least 4 members (excludes halogenated alkanes) is 4. The van der Waals surface area contributed by atoms with Crippen molar-refractivity contribution in [2.24, 2.45) is 11.3 Å². The highest BCUT2D eigenvalue weighted by molar-refractivity contribution is 4.90. The van der Waals surface area contributed by atoms with E-state index in [1.165, 1.54) is 77.2 Å². The third-order valence-electron chi connectivity index (χ3n) is 5.35. The Bertz CT molecular complexity index is 234. The molecule has 20 heavy (non-hydrogen) atoms. The maximum absolute atomic E-state index is 3.89. The fourth-order valence-electron chi connectivity index (χ4n) is 4.01. The summed E-state index contributed by atoms with van der Waals surface area (Å²) < 4.78 is 0. The Morgan fingerprint density at radius 2 is 1.75 bits per heavy atom. The first-order valence-electron chi connectivity index (χ1n) is 9.35. The summed E-state index contributed by atoms with van der Waals surface area (Å²) in [6, 6.07) is 0.770. The smallest absolute Gasteiger partial charge is 0.0100 e. The Labute approximate surface area is 128 Å². The minimum Gasteiger partial charge on any atom is -0.314 e. The van der Waals surface area contributed by atoms with E-state index in [1.54, 1.807) is 0 Å². The van der Waals surface area contributed by atoms with E-state index in [0.29, 0.717) is 5.41 Å². The molecular formula is C19H39N. The highest BCUT2D eigenvalue weighted by Crippen LogP contribution is 2.43. The van der Waals surface area contributed by atoms with Gasteiger partial charge in [0.2, 0.25) is 0 Å². The average molecular weight is 282 g/mol. The van der Waals surface area contributed by atoms with Gasteiger partial charge in [0.25, 0.3) is 0 Å². The minimum atomic E-state index is 0.549. The molecule has 120 valence electrons. The van der Waals surface area contributed by atoms with Crippen molar-refractivity contribution >= 4 is 0 Å². The Hall–Kier alpha value is -0.0400. The molecule has 1 fully saturated rings. The number of hydrogen-bond donors (Lipinski definition) is 1. The summed E-state index contributed by atoms with van der Waals surface area (Å²) in [4.78, 5) is 0. The Kier molecular flexibility index (Phi) is 8.84. The van der Waals surface area contributed by atoms with Crippen LogP contribution in [0.1, 0.15) is 98.3 Å². The van der Waals surface area contributed by atoms with Gasteiger partial charge < -0.3 is 5.32 Å². The molecule has 0 bridgehead atoms. The van der Waals surface area contributed by atoms with Crippen molar-refractivity contribution in [3.63, 3.8) is 0 Å². The van der Waals surface area contributed by atoms with Crippen LogP contribution in [-0.2, 0) is 0 Å². The van der Waals surface area contributed by atoms with Crippen LogP contribution < -0.4 is 5.32 Å². The molecule has 2 atom stereocenters. The topological polar surface area (TPSA) is 12.0 Å². The van der Waals surface area contributed by atoms with E-state index in [4.69, 9.17) is 0 Å². The molecule has 0 aliphatic heterocycles. The van der Waals surface area contributed by atoms with Gasteiger partial charge in [-0.3, -0.25) is 0 Å². The van der Waals surface area contributed by atoms with E-state index in [1.807, 2.05) is 0 Å². The summed E-state index contributed by atoms with van der Waals surface area (Å²) in [5, 5.41) is 3.89. The second kappa shape index (κ2) is 9.82. The lowest BCUT2D eigenvalue weighted by Crippen LogP contribution is -2.45. The molecule has 0 aromatic heterocycles. The van der Waals surface area contributed by atoms with Crippen LogP contribution in [0.15, 0.2) is 0 Å². The SMILES string of the molecule is CCCCCCCC(NCCC)C1CCCCC1(C)C. The van der Waals surface area contributed by atoms with Crippen LogP contribution in [-0.4, -0.2) is 12.6 Å². The fourth-order valence-corrected chi connectivity index (χ4v) is 4.01. The molecule has 1 aliphatic rings. The van der Waals surface area contributed by atoms with Crippen LogP contribution in [0.3, 0.4) is 0 Å². The normalized spacial score (nSPS) is 23.7. The second-order valence-electron chi connectivity index (χ2n) is 7.60. The molecule has 1 rings (SSSR count). The van der Waals surface area contributed by atoms with Crippen molar-refractivity contribution in [2.45, 2.75) is 104 Å². The molecule has 1 nitrogen and oxygen atoms in total. The third kappa shape index (κ3) is 6.16. The molecular weight excluding hydrogens is 242 g/mol. The summed E-state index contributed by atoms with van der Waals surface area (Å²) in [6.07, 6.45) is 15.5. The molecule has 1 aliphatic carbocycles. The van der Waals surface area contributed by atoms with Crippen molar-refractivity contribution < 1.29 is 0 Å². The van der Waals surface area contributed by atoms with Gasteiger partial charge in [0, 0.05) is 6.04 Å². The Morgan fingerprint density at radius 1 is 1.00 bits per heavy atom. The quantitative estimate of drug-likeness (QED) is 0.489. The van der Waals surface area contributed by atoms with Gasteiger partial charge in [-0.15, -0.1) is 0 Å². The predicted octanol–water partition coefficient (Wildman–Crippen LogP) is 5.93. The van der Waals surface area contributed by atoms with Crippen molar-refractivity contribution in [3.8, 4) is 0 Å². The molecule has 0 amide bonds. The Morgan fingerprint density at radius 3 is 2.40 bits per heavy atom. The van der Waals surface area contributed by atoms with E-state index >= 15 is 0 Å². The van der Waals surface area contributed by atoms with E-state index in [0.717, 1.165) is 12.0 Å². The van der Waals surface area contributed by atoms with Gasteiger partial charge in [0.15, 0.2) is 0 Å². The average Bonchev–Trinajstić information content (AvgIpc) is 2.42. The highest BCUT2D eigenvalue weighted by Gasteiger charge is 2.36. The fraction of sp³-hybridized carbons (Fsp3) is 1.00. The zero-order chi connectivity index (χ0) is 14.8. The number of rotatable bonds is 10. The van der Waals surface area contributed by atoms with E-state index in [2.05, 4.69) is 33.0 Å². The molecule has 0 aromatic carbocycles. The summed E-state index contributed by atoms with van der Waals surface area (Å²) >= 11 is 0.